The van der Waals surface area contributed by atoms with E-state index < -0.39 is 0 Å². The van der Waals surface area contributed by atoms with Crippen LogP contribution in [-0.4, -0.2) is 84.0 Å². The van der Waals surface area contributed by atoms with E-state index in [0.717, 1.165) is 38.3 Å². The van der Waals surface area contributed by atoms with Crippen LogP contribution in [0.15, 0.2) is 37.4 Å². The van der Waals surface area contributed by atoms with Crippen LogP contribution in [0.2, 0.25) is 0 Å². The maximum atomic E-state index is 4.50. The molecule has 0 unspecified atom stereocenters. The van der Waals surface area contributed by atoms with Gasteiger partial charge in [-0.15, -0.1) is 0 Å². The normalized spacial score (nSPS) is 24.4. The van der Waals surface area contributed by atoms with Crippen molar-refractivity contribution in [2.24, 2.45) is 0 Å². The first-order valence-corrected chi connectivity index (χ1v) is 13.2. The summed E-state index contributed by atoms with van der Waals surface area (Å²) in [4.78, 5) is 10.5. The van der Waals surface area contributed by atoms with E-state index in [2.05, 4.69) is 57.0 Å². The topological polar surface area (TPSA) is 13.0 Å². The summed E-state index contributed by atoms with van der Waals surface area (Å²) in [7, 11) is 0. The van der Waals surface area contributed by atoms with Crippen molar-refractivity contribution in [1.82, 2.24) is 19.6 Å². The molecule has 4 fully saturated rings. The molecule has 1 aromatic carbocycles. The predicted molar refractivity (Wildman–Crippen MR) is 135 cm³/mol. The van der Waals surface area contributed by atoms with Crippen LogP contribution in [0.4, 0.5) is 0 Å². The molecule has 0 atom stereocenters. The van der Waals surface area contributed by atoms with E-state index in [0.29, 0.717) is 0 Å². The second-order valence-corrected chi connectivity index (χ2v) is 10.4. The Kier molecular flexibility index (Phi) is 6.89. The summed E-state index contributed by atoms with van der Waals surface area (Å²) >= 11 is 0. The minimum atomic E-state index is 0.788. The third-order valence-electron chi connectivity index (χ3n) is 8.54. The zero-order valence-corrected chi connectivity index (χ0v) is 20.0. The first-order chi connectivity index (χ1) is 15.7. The Morgan fingerprint density at radius 2 is 0.969 bits per heavy atom. The van der Waals surface area contributed by atoms with Crippen LogP contribution < -0.4 is 0 Å². The second-order valence-electron chi connectivity index (χ2n) is 10.4. The van der Waals surface area contributed by atoms with Crippen molar-refractivity contribution in [2.75, 3.05) is 52.4 Å². The molecule has 174 valence electrons. The van der Waals surface area contributed by atoms with E-state index in [1.807, 2.05) is 0 Å². The highest BCUT2D eigenvalue weighted by Crippen LogP contribution is 2.30. The summed E-state index contributed by atoms with van der Waals surface area (Å²) in [6.45, 7) is 18.8. The molecule has 4 heteroatoms. The van der Waals surface area contributed by atoms with Gasteiger partial charge in [0.25, 0.3) is 0 Å². The number of hydrogen-bond donors (Lipinski definition) is 0. The van der Waals surface area contributed by atoms with Gasteiger partial charge in [0.15, 0.2) is 0 Å². The van der Waals surface area contributed by atoms with Crippen molar-refractivity contribution in [3.8, 4) is 0 Å². The van der Waals surface area contributed by atoms with Gasteiger partial charge in [-0.05, 0) is 94.7 Å². The van der Waals surface area contributed by atoms with Crippen molar-refractivity contribution in [3.05, 3.63) is 48.6 Å². The molecule has 0 bridgehead atoms. The van der Waals surface area contributed by atoms with Crippen molar-refractivity contribution < 1.29 is 0 Å². The number of benzene rings is 1. The summed E-state index contributed by atoms with van der Waals surface area (Å²) in [6, 6.07) is 10.5. The summed E-state index contributed by atoms with van der Waals surface area (Å²) in [5.41, 5.74) is 4.89. The number of hydrogen-bond acceptors (Lipinski definition) is 4. The Balaban J connectivity index is 1.16. The van der Waals surface area contributed by atoms with Crippen LogP contribution >= 0.6 is 0 Å². The van der Waals surface area contributed by atoms with Crippen LogP contribution in [0, 0.1) is 0 Å². The average Bonchev–Trinajstić information content (AvgIpc) is 3.58. The van der Waals surface area contributed by atoms with Crippen LogP contribution in [0.25, 0.3) is 11.4 Å². The molecule has 4 nitrogen and oxygen atoms in total. The van der Waals surface area contributed by atoms with Gasteiger partial charge < -0.3 is 19.6 Å². The number of nitrogens with zero attached hydrogens (tertiary/aromatic N) is 4. The maximum absolute atomic E-state index is 4.50. The van der Waals surface area contributed by atoms with E-state index in [1.165, 1.54) is 100 Å². The molecule has 4 saturated heterocycles. The molecule has 5 rings (SSSR count). The van der Waals surface area contributed by atoms with Gasteiger partial charge in [-0.25, -0.2) is 0 Å². The number of likely N-dealkylation sites (tertiary alicyclic amines) is 4. The van der Waals surface area contributed by atoms with Crippen molar-refractivity contribution in [2.45, 2.75) is 63.5 Å². The molecule has 0 aromatic heterocycles. The highest BCUT2D eigenvalue weighted by Gasteiger charge is 2.28. The Morgan fingerprint density at radius 3 is 1.34 bits per heavy atom. The summed E-state index contributed by atoms with van der Waals surface area (Å²) < 4.78 is 0. The highest BCUT2D eigenvalue weighted by atomic mass is 15.2. The lowest BCUT2D eigenvalue weighted by Crippen LogP contribution is -2.43. The van der Waals surface area contributed by atoms with Gasteiger partial charge in [-0.1, -0.05) is 31.4 Å². The SMILES string of the molecule is C=C(c1cccc(C(=C)N2CCC(N3CCCC3)CC2)c1)N1CCC(N2CCCC2)CC1. The number of rotatable bonds is 6. The predicted octanol–water partition coefficient (Wildman–Crippen LogP) is 4.75. The fourth-order valence-corrected chi connectivity index (χ4v) is 6.46. The van der Waals surface area contributed by atoms with Gasteiger partial charge in [0.2, 0.25) is 0 Å². The molecule has 32 heavy (non-hydrogen) atoms. The summed E-state index contributed by atoms with van der Waals surface area (Å²) in [5.74, 6) is 0. The molecule has 4 aliphatic rings. The molecule has 0 radical (unpaired) electrons. The van der Waals surface area contributed by atoms with E-state index >= 15 is 0 Å². The van der Waals surface area contributed by atoms with Crippen LogP contribution in [0.3, 0.4) is 0 Å². The van der Waals surface area contributed by atoms with Gasteiger partial charge in [-0.3, -0.25) is 0 Å². The third kappa shape index (κ3) is 4.77. The fourth-order valence-electron chi connectivity index (χ4n) is 6.46. The van der Waals surface area contributed by atoms with Crippen molar-refractivity contribution in [1.29, 1.82) is 0 Å². The monoisotopic (exact) mass is 434 g/mol. The standard InChI is InChI=1S/C28H42N4/c1-23(29-18-10-27(11-19-29)31-14-3-4-15-31)25-8-7-9-26(22-25)24(2)30-20-12-28(13-21-30)32-16-5-6-17-32/h7-9,22,27-28H,1-6,10-21H2. The first kappa shape index (κ1) is 22.0. The van der Waals surface area contributed by atoms with Gasteiger partial charge in [0.05, 0.1) is 0 Å². The Morgan fingerprint density at radius 1 is 0.594 bits per heavy atom. The molecule has 4 aliphatic heterocycles. The lowest BCUT2D eigenvalue weighted by Gasteiger charge is -2.39. The number of piperidine rings is 2. The van der Waals surface area contributed by atoms with Crippen LogP contribution in [0.1, 0.15) is 62.5 Å². The molecular weight excluding hydrogens is 392 g/mol. The smallest absolute Gasteiger partial charge is 0.0367 e. The Bertz CT molecular complexity index is 726. The van der Waals surface area contributed by atoms with E-state index in [4.69, 9.17) is 0 Å². The van der Waals surface area contributed by atoms with E-state index in [1.54, 1.807) is 0 Å². The largest absolute Gasteiger partial charge is 0.371 e. The third-order valence-corrected chi connectivity index (χ3v) is 8.54. The minimum absolute atomic E-state index is 0.788. The zero-order valence-electron chi connectivity index (χ0n) is 20.0. The van der Waals surface area contributed by atoms with E-state index in [-0.39, 0.29) is 0 Å². The molecule has 1 aromatic rings. The molecule has 4 heterocycles. The van der Waals surface area contributed by atoms with Crippen molar-refractivity contribution >= 4 is 11.4 Å². The van der Waals surface area contributed by atoms with Gasteiger partial charge in [0, 0.05) is 49.7 Å². The molecule has 0 N–H and O–H groups in total. The first-order valence-electron chi connectivity index (χ1n) is 13.2. The molecule has 0 aliphatic carbocycles. The molecule has 0 saturated carbocycles. The molecular formula is C28H42N4. The maximum Gasteiger partial charge on any atom is 0.0367 e. The van der Waals surface area contributed by atoms with Crippen LogP contribution in [-0.2, 0) is 0 Å². The highest BCUT2D eigenvalue weighted by molar-refractivity contribution is 5.69. The summed E-state index contributed by atoms with van der Waals surface area (Å²) in [5, 5.41) is 0. The Labute approximate surface area is 195 Å². The quantitative estimate of drug-likeness (QED) is 0.641. The minimum Gasteiger partial charge on any atom is -0.371 e. The van der Waals surface area contributed by atoms with Gasteiger partial charge >= 0.3 is 0 Å². The zero-order chi connectivity index (χ0) is 21.9. The summed E-state index contributed by atoms with van der Waals surface area (Å²) in [6.07, 6.45) is 10.7. The lowest BCUT2D eigenvalue weighted by molar-refractivity contribution is 0.159. The van der Waals surface area contributed by atoms with Crippen molar-refractivity contribution in [3.63, 3.8) is 0 Å². The second kappa shape index (κ2) is 10.0. The Hall–Kier alpha value is -1.78. The lowest BCUT2D eigenvalue weighted by atomic mass is 9.99. The average molecular weight is 435 g/mol. The van der Waals surface area contributed by atoms with Gasteiger partial charge in [0.1, 0.15) is 0 Å². The van der Waals surface area contributed by atoms with Gasteiger partial charge in [-0.2, -0.15) is 0 Å². The fraction of sp³-hybridized carbons (Fsp3) is 0.643. The molecule has 0 amide bonds. The van der Waals surface area contributed by atoms with Crippen LogP contribution in [0.5, 0.6) is 0 Å². The van der Waals surface area contributed by atoms with E-state index in [9.17, 15) is 0 Å². The molecule has 0 spiro atoms.